The first kappa shape index (κ1) is 31.6. The molecule has 0 aliphatic heterocycles. The summed E-state index contributed by atoms with van der Waals surface area (Å²) in [5.74, 6) is -0.942. The Hall–Kier alpha value is -3.35. The Morgan fingerprint density at radius 2 is 1.82 bits per heavy atom. The molecule has 0 radical (unpaired) electrons. The molecule has 2 aliphatic rings. The first-order valence-corrected chi connectivity index (χ1v) is 17.5. The largest absolute Gasteiger partial charge is 0.375 e. The van der Waals surface area contributed by atoms with Crippen LogP contribution in [0.15, 0.2) is 48.9 Å². The molecular weight excluding hydrogens is 603 g/mol. The lowest BCUT2D eigenvalue weighted by Crippen LogP contribution is -2.47. The average molecular weight is 642 g/mol. The van der Waals surface area contributed by atoms with E-state index in [-0.39, 0.29) is 66.0 Å². The number of rotatable bonds is 9. The Balaban J connectivity index is 1.24. The van der Waals surface area contributed by atoms with E-state index in [0.29, 0.717) is 37.0 Å². The number of fused-ring (bicyclic) bond motifs is 1. The number of aromatic nitrogens is 4. The van der Waals surface area contributed by atoms with Crippen LogP contribution in [-0.4, -0.2) is 58.8 Å². The van der Waals surface area contributed by atoms with Crippen LogP contribution in [0, 0.1) is 17.6 Å². The van der Waals surface area contributed by atoms with Gasteiger partial charge < -0.3 is 10.5 Å². The van der Waals surface area contributed by atoms with Crippen molar-refractivity contribution < 1.29 is 26.3 Å². The van der Waals surface area contributed by atoms with Crippen LogP contribution in [0.3, 0.4) is 0 Å². The predicted octanol–water partition coefficient (Wildman–Crippen LogP) is 5.67. The summed E-state index contributed by atoms with van der Waals surface area (Å²) in [7, 11) is -3.13. The topological polar surface area (TPSA) is 112 Å². The molecule has 0 bridgehead atoms. The zero-order chi connectivity index (χ0) is 31.9. The highest BCUT2D eigenvalue weighted by atomic mass is 32.2. The summed E-state index contributed by atoms with van der Waals surface area (Å²) in [6, 6.07) is 7.15. The zero-order valence-corrected chi connectivity index (χ0v) is 26.2. The van der Waals surface area contributed by atoms with Gasteiger partial charge >= 0.3 is 0 Å². The van der Waals surface area contributed by atoms with Gasteiger partial charge in [-0.05, 0) is 97.4 Å². The molecule has 2 saturated carbocycles. The Morgan fingerprint density at radius 1 is 1.09 bits per heavy atom. The monoisotopic (exact) mass is 641 g/mol. The van der Waals surface area contributed by atoms with E-state index in [1.165, 1.54) is 12.3 Å². The van der Waals surface area contributed by atoms with E-state index < -0.39 is 27.1 Å². The second-order valence-corrected chi connectivity index (χ2v) is 15.0. The van der Waals surface area contributed by atoms with Gasteiger partial charge in [-0.1, -0.05) is 6.92 Å². The van der Waals surface area contributed by atoms with Crippen LogP contribution < -0.4 is 5.73 Å². The standard InChI is InChI=1S/C33H38F3N5O3S/c1-20-13-21(14-28(37)32(20)44-11-12-45(2,42)43)25-7-10-38-18-22(25)15-30-39-19-24-5-6-29(40-41(24)30)31-26(34)16-23(17-27(31)35)33(36)8-3-4-9-33/h5-7,10,16-21,28,32H,3-4,8-9,11-15,37H2,1-2H3/t20-,21+,28+,32-/m0/s1. The number of imidazole rings is 1. The fourth-order valence-electron chi connectivity index (χ4n) is 7.08. The van der Waals surface area contributed by atoms with Crippen LogP contribution in [-0.2, 0) is 26.7 Å². The van der Waals surface area contributed by atoms with Crippen molar-refractivity contribution in [2.24, 2.45) is 11.7 Å². The Kier molecular flexibility index (Phi) is 8.75. The molecule has 2 fully saturated rings. The van der Waals surface area contributed by atoms with Crippen molar-refractivity contribution in [2.75, 3.05) is 18.6 Å². The molecule has 0 saturated heterocycles. The van der Waals surface area contributed by atoms with Crippen molar-refractivity contribution in [2.45, 2.75) is 75.6 Å². The minimum absolute atomic E-state index is 0.0378. The molecule has 6 rings (SSSR count). The van der Waals surface area contributed by atoms with E-state index in [9.17, 15) is 8.42 Å². The molecule has 2 aliphatic carbocycles. The number of benzene rings is 1. The summed E-state index contributed by atoms with van der Waals surface area (Å²) in [6.07, 6.45) is 9.86. The molecule has 45 heavy (non-hydrogen) atoms. The lowest BCUT2D eigenvalue weighted by molar-refractivity contribution is -0.0154. The fourth-order valence-corrected chi connectivity index (χ4v) is 7.48. The van der Waals surface area contributed by atoms with E-state index in [2.05, 4.69) is 22.0 Å². The van der Waals surface area contributed by atoms with Gasteiger partial charge in [0.2, 0.25) is 0 Å². The number of alkyl halides is 1. The molecule has 2 N–H and O–H groups in total. The third-order valence-electron chi connectivity index (χ3n) is 9.36. The van der Waals surface area contributed by atoms with Gasteiger partial charge in [-0.2, -0.15) is 5.10 Å². The summed E-state index contributed by atoms with van der Waals surface area (Å²) < 4.78 is 76.5. The number of nitrogens with two attached hydrogens (primary N) is 1. The number of hydrogen-bond acceptors (Lipinski definition) is 7. The third kappa shape index (κ3) is 6.64. The van der Waals surface area contributed by atoms with Gasteiger partial charge in [-0.25, -0.2) is 31.1 Å². The molecule has 12 heteroatoms. The lowest BCUT2D eigenvalue weighted by Gasteiger charge is -2.39. The minimum atomic E-state index is -3.13. The Labute approximate surface area is 261 Å². The number of hydrogen-bond donors (Lipinski definition) is 1. The maximum Gasteiger partial charge on any atom is 0.149 e. The van der Waals surface area contributed by atoms with Gasteiger partial charge in [0, 0.05) is 31.1 Å². The maximum atomic E-state index is 15.3. The fraction of sp³-hybridized carbons (Fsp3) is 0.485. The van der Waals surface area contributed by atoms with E-state index in [0.717, 1.165) is 29.7 Å². The first-order chi connectivity index (χ1) is 21.4. The van der Waals surface area contributed by atoms with E-state index in [1.54, 1.807) is 29.2 Å². The van der Waals surface area contributed by atoms with Crippen molar-refractivity contribution in [3.8, 4) is 11.3 Å². The van der Waals surface area contributed by atoms with Crippen molar-refractivity contribution >= 4 is 15.4 Å². The van der Waals surface area contributed by atoms with Gasteiger partial charge in [-0.15, -0.1) is 0 Å². The normalized spacial score (nSPS) is 23.5. The van der Waals surface area contributed by atoms with Crippen molar-refractivity contribution in [1.29, 1.82) is 0 Å². The van der Waals surface area contributed by atoms with Gasteiger partial charge in [-0.3, -0.25) is 4.98 Å². The van der Waals surface area contributed by atoms with Crippen LogP contribution in [0.25, 0.3) is 16.8 Å². The van der Waals surface area contributed by atoms with Crippen LogP contribution in [0.2, 0.25) is 0 Å². The zero-order valence-electron chi connectivity index (χ0n) is 25.4. The molecule has 4 aromatic rings. The van der Waals surface area contributed by atoms with E-state index in [4.69, 9.17) is 10.5 Å². The molecule has 1 aromatic carbocycles. The van der Waals surface area contributed by atoms with Gasteiger partial charge in [0.15, 0.2) is 0 Å². The number of halogens is 3. The van der Waals surface area contributed by atoms with Crippen LogP contribution >= 0.6 is 0 Å². The van der Waals surface area contributed by atoms with Crippen molar-refractivity contribution in [3.63, 3.8) is 0 Å². The number of ether oxygens (including phenoxy) is 1. The molecule has 0 unspecified atom stereocenters. The van der Waals surface area contributed by atoms with E-state index in [1.807, 2.05) is 6.07 Å². The highest BCUT2D eigenvalue weighted by Gasteiger charge is 2.38. The second-order valence-electron chi connectivity index (χ2n) is 12.7. The molecule has 3 heterocycles. The molecule has 0 amide bonds. The summed E-state index contributed by atoms with van der Waals surface area (Å²) in [5.41, 5.74) is 7.35. The van der Waals surface area contributed by atoms with E-state index >= 15 is 13.2 Å². The molecule has 240 valence electrons. The second kappa shape index (κ2) is 12.4. The van der Waals surface area contributed by atoms with Crippen LogP contribution in [0.5, 0.6) is 0 Å². The molecule has 0 spiro atoms. The highest BCUT2D eigenvalue weighted by Crippen LogP contribution is 2.44. The number of sulfone groups is 1. The number of nitrogens with zero attached hydrogens (tertiary/aromatic N) is 4. The smallest absolute Gasteiger partial charge is 0.149 e. The number of pyridine rings is 1. The quantitative estimate of drug-likeness (QED) is 0.251. The maximum absolute atomic E-state index is 15.3. The molecule has 4 atom stereocenters. The van der Waals surface area contributed by atoms with Crippen molar-refractivity contribution in [1.82, 2.24) is 19.6 Å². The van der Waals surface area contributed by atoms with Gasteiger partial charge in [0.25, 0.3) is 0 Å². The lowest BCUT2D eigenvalue weighted by atomic mass is 9.73. The summed E-state index contributed by atoms with van der Waals surface area (Å²) in [4.78, 5) is 8.92. The SMILES string of the molecule is C[C@H]1C[C@@H](c2ccncc2Cc2ncc3ccc(-c4c(F)cc(C5(F)CCCC5)cc4F)nn23)C[C@@H](N)[C@H]1OCCS(C)(=O)=O. The summed E-state index contributed by atoms with van der Waals surface area (Å²) in [6.45, 7) is 2.18. The van der Waals surface area contributed by atoms with Gasteiger partial charge in [0.05, 0.1) is 41.4 Å². The van der Waals surface area contributed by atoms with Crippen LogP contribution in [0.1, 0.15) is 73.9 Å². The molecule has 8 nitrogen and oxygen atoms in total. The first-order valence-electron chi connectivity index (χ1n) is 15.4. The molecule has 3 aromatic heterocycles. The molecular formula is C33H38F3N5O3S. The average Bonchev–Trinajstić information content (AvgIpc) is 3.60. The highest BCUT2D eigenvalue weighted by molar-refractivity contribution is 7.90. The summed E-state index contributed by atoms with van der Waals surface area (Å²) in [5, 5.41) is 4.57. The van der Waals surface area contributed by atoms with Crippen molar-refractivity contribution in [3.05, 3.63) is 83.1 Å². The Bertz CT molecular complexity index is 1770. The predicted molar refractivity (Wildman–Crippen MR) is 165 cm³/mol. The Morgan fingerprint density at radius 3 is 2.51 bits per heavy atom. The summed E-state index contributed by atoms with van der Waals surface area (Å²) >= 11 is 0. The van der Waals surface area contributed by atoms with Gasteiger partial charge in [0.1, 0.15) is 33.0 Å². The minimum Gasteiger partial charge on any atom is -0.375 e. The third-order valence-corrected chi connectivity index (χ3v) is 10.3. The van der Waals surface area contributed by atoms with Crippen LogP contribution in [0.4, 0.5) is 13.2 Å².